The summed E-state index contributed by atoms with van der Waals surface area (Å²) in [5, 5.41) is 15.2. The topological polar surface area (TPSA) is 63.6 Å². The molecule has 2 fully saturated rings. The Morgan fingerprint density at radius 3 is 2.72 bits per heavy atom. The Hall–Kier alpha value is -2.15. The van der Waals surface area contributed by atoms with Crippen LogP contribution in [-0.4, -0.2) is 35.5 Å². The molecule has 0 unspecified atom stereocenters. The van der Waals surface area contributed by atoms with E-state index < -0.39 is 6.10 Å². The Balaban J connectivity index is 1.44. The number of nitrogens with zero attached hydrogens (tertiary/aromatic N) is 1. The summed E-state index contributed by atoms with van der Waals surface area (Å²) < 4.78 is 11.5. The number of aromatic nitrogens is 1. The van der Waals surface area contributed by atoms with Gasteiger partial charge in [-0.05, 0) is 59.9 Å². The molecule has 2 heterocycles. The predicted molar refractivity (Wildman–Crippen MR) is 125 cm³/mol. The van der Waals surface area contributed by atoms with Crippen LogP contribution in [0.3, 0.4) is 0 Å². The summed E-state index contributed by atoms with van der Waals surface area (Å²) in [6.07, 6.45) is 4.73. The second kappa shape index (κ2) is 9.00. The molecule has 3 aromatic rings. The largest absolute Gasteiger partial charge is 0.485 e. The minimum absolute atomic E-state index is 0.182. The third kappa shape index (κ3) is 4.36. The van der Waals surface area contributed by atoms with Crippen molar-refractivity contribution in [3.05, 3.63) is 82.1 Å². The molecule has 1 saturated heterocycles. The molecule has 32 heavy (non-hydrogen) atoms. The van der Waals surface area contributed by atoms with Crippen LogP contribution in [0, 0.1) is 0 Å². The summed E-state index contributed by atoms with van der Waals surface area (Å²) in [5.41, 5.74) is 3.94. The molecule has 1 saturated carbocycles. The van der Waals surface area contributed by atoms with Crippen molar-refractivity contribution >= 4 is 23.2 Å². The highest BCUT2D eigenvalue weighted by Gasteiger charge is 2.45. The van der Waals surface area contributed by atoms with Crippen molar-refractivity contribution in [2.75, 3.05) is 13.2 Å². The van der Waals surface area contributed by atoms with Gasteiger partial charge in [0.15, 0.2) is 0 Å². The second-order valence-corrected chi connectivity index (χ2v) is 9.19. The van der Waals surface area contributed by atoms with Crippen LogP contribution < -0.4 is 10.1 Å². The van der Waals surface area contributed by atoms with Crippen LogP contribution in [0.15, 0.2) is 60.9 Å². The minimum Gasteiger partial charge on any atom is -0.485 e. The van der Waals surface area contributed by atoms with Gasteiger partial charge >= 0.3 is 0 Å². The quantitative estimate of drug-likeness (QED) is 0.510. The third-order valence-electron chi connectivity index (χ3n) is 6.17. The van der Waals surface area contributed by atoms with Crippen LogP contribution in [0.4, 0.5) is 0 Å². The number of aliphatic hydroxyl groups is 1. The van der Waals surface area contributed by atoms with Gasteiger partial charge in [0, 0.05) is 40.1 Å². The van der Waals surface area contributed by atoms with Gasteiger partial charge < -0.3 is 19.9 Å². The molecule has 0 amide bonds. The van der Waals surface area contributed by atoms with E-state index in [-0.39, 0.29) is 11.6 Å². The number of para-hydroxylation sites is 1. The first-order valence-electron chi connectivity index (χ1n) is 10.7. The zero-order valence-electron chi connectivity index (χ0n) is 17.4. The number of benzene rings is 2. The van der Waals surface area contributed by atoms with E-state index in [9.17, 15) is 5.11 Å². The summed E-state index contributed by atoms with van der Waals surface area (Å²) in [4.78, 5) is 4.42. The minimum atomic E-state index is -0.626. The van der Waals surface area contributed by atoms with Gasteiger partial charge in [0.2, 0.25) is 0 Å². The van der Waals surface area contributed by atoms with Crippen molar-refractivity contribution in [3.8, 4) is 16.9 Å². The van der Waals surface area contributed by atoms with Gasteiger partial charge in [0.1, 0.15) is 18.0 Å². The van der Waals surface area contributed by atoms with Crippen molar-refractivity contribution in [2.45, 2.75) is 37.1 Å². The highest BCUT2D eigenvalue weighted by atomic mass is 35.5. The molecule has 5 rings (SSSR count). The predicted octanol–water partition coefficient (Wildman–Crippen LogP) is 4.97. The van der Waals surface area contributed by atoms with Gasteiger partial charge in [-0.1, -0.05) is 41.4 Å². The normalized spacial score (nSPS) is 21.5. The average molecular weight is 471 g/mol. The lowest BCUT2D eigenvalue weighted by molar-refractivity contribution is 0.0737. The number of ether oxygens (including phenoxy) is 2. The number of nitrogens with one attached hydrogen (secondary N) is 1. The number of halogens is 2. The van der Waals surface area contributed by atoms with E-state index in [1.165, 1.54) is 0 Å². The van der Waals surface area contributed by atoms with E-state index in [1.807, 2.05) is 48.7 Å². The monoisotopic (exact) mass is 470 g/mol. The Morgan fingerprint density at radius 2 is 1.94 bits per heavy atom. The Labute approximate surface area is 197 Å². The van der Waals surface area contributed by atoms with E-state index in [1.54, 1.807) is 12.3 Å². The molecule has 2 aromatic carbocycles. The van der Waals surface area contributed by atoms with Gasteiger partial charge in [-0.2, -0.15) is 0 Å². The van der Waals surface area contributed by atoms with E-state index in [4.69, 9.17) is 32.7 Å². The number of rotatable bonds is 7. The summed E-state index contributed by atoms with van der Waals surface area (Å²) >= 11 is 12.5. The zero-order valence-corrected chi connectivity index (χ0v) is 18.9. The first kappa shape index (κ1) is 21.7. The maximum Gasteiger partial charge on any atom is 0.150 e. The van der Waals surface area contributed by atoms with Gasteiger partial charge in [0.05, 0.1) is 13.2 Å². The summed E-state index contributed by atoms with van der Waals surface area (Å²) in [6, 6.07) is 15.4. The van der Waals surface area contributed by atoms with E-state index in [0.29, 0.717) is 29.8 Å². The maximum absolute atomic E-state index is 10.1. The molecule has 5 nitrogen and oxygen atoms in total. The Morgan fingerprint density at radius 1 is 1.09 bits per heavy atom. The lowest BCUT2D eigenvalue weighted by atomic mass is 9.94. The van der Waals surface area contributed by atoms with Crippen molar-refractivity contribution in [3.63, 3.8) is 0 Å². The van der Waals surface area contributed by atoms with Gasteiger partial charge in [0.25, 0.3) is 0 Å². The fourth-order valence-electron chi connectivity index (χ4n) is 4.21. The smallest absolute Gasteiger partial charge is 0.150 e. The van der Waals surface area contributed by atoms with E-state index in [0.717, 1.165) is 40.8 Å². The van der Waals surface area contributed by atoms with Crippen LogP contribution in [0.1, 0.15) is 24.0 Å². The maximum atomic E-state index is 10.1. The molecular weight excluding hydrogens is 447 g/mol. The van der Waals surface area contributed by atoms with Gasteiger partial charge in [-0.15, -0.1) is 0 Å². The molecule has 1 aliphatic heterocycles. The molecule has 0 spiro atoms. The molecule has 7 heteroatoms. The lowest BCUT2D eigenvalue weighted by Gasteiger charge is -2.23. The van der Waals surface area contributed by atoms with Crippen LogP contribution >= 0.6 is 23.2 Å². The number of hydrogen-bond acceptors (Lipinski definition) is 5. The molecule has 2 N–H and O–H groups in total. The number of pyridine rings is 1. The van der Waals surface area contributed by atoms with Crippen LogP contribution in [0.25, 0.3) is 11.1 Å². The first-order valence-corrected chi connectivity index (χ1v) is 11.5. The van der Waals surface area contributed by atoms with Gasteiger partial charge in [-0.3, -0.25) is 4.98 Å². The summed E-state index contributed by atoms with van der Waals surface area (Å²) in [6.45, 7) is 1.29. The van der Waals surface area contributed by atoms with Crippen LogP contribution in [0.5, 0.6) is 5.75 Å². The van der Waals surface area contributed by atoms with Crippen molar-refractivity contribution in [1.29, 1.82) is 0 Å². The average Bonchev–Trinajstić information content (AvgIpc) is 3.50. The molecule has 166 valence electrons. The molecule has 0 radical (unpaired) electrons. The van der Waals surface area contributed by atoms with Crippen molar-refractivity contribution in [1.82, 2.24) is 10.3 Å². The molecule has 1 aromatic heterocycles. The summed E-state index contributed by atoms with van der Waals surface area (Å²) in [5.74, 6) is 0.725. The van der Waals surface area contributed by atoms with Crippen LogP contribution in [-0.2, 0) is 16.8 Å². The molecular formula is C25H24Cl2N2O3. The lowest BCUT2D eigenvalue weighted by Crippen LogP contribution is -2.30. The van der Waals surface area contributed by atoms with Gasteiger partial charge in [-0.25, -0.2) is 0 Å². The fraction of sp³-hybridized carbons (Fsp3) is 0.320. The van der Waals surface area contributed by atoms with Crippen molar-refractivity contribution < 1.29 is 14.6 Å². The third-order valence-corrected chi connectivity index (χ3v) is 6.77. The fourth-order valence-corrected chi connectivity index (χ4v) is 4.59. The van der Waals surface area contributed by atoms with Crippen molar-refractivity contribution in [2.24, 2.45) is 0 Å². The highest BCUT2D eigenvalue weighted by Crippen LogP contribution is 2.50. The number of aliphatic hydroxyl groups excluding tert-OH is 1. The van der Waals surface area contributed by atoms with E-state index in [2.05, 4.69) is 10.3 Å². The standard InChI is InChI=1S/C25H24Cl2N2O3/c26-17-5-6-21(27)16(11-17)12-29-25(8-9-25)20-13-28-10-7-18(20)19-3-1-2-4-23(19)32-24-15-31-14-22(24)30/h1-7,10-11,13,22,24,29-30H,8-9,12,14-15H2/t22-,24-/m1/s1. The SMILES string of the molecule is O[C@@H]1COC[C@H]1Oc1ccccc1-c1ccncc1C1(NCc2cc(Cl)ccc2Cl)CC1. The zero-order chi connectivity index (χ0) is 22.1. The van der Waals surface area contributed by atoms with Crippen LogP contribution in [0.2, 0.25) is 10.0 Å². The molecule has 2 atom stereocenters. The van der Waals surface area contributed by atoms with E-state index >= 15 is 0 Å². The second-order valence-electron chi connectivity index (χ2n) is 8.35. The highest BCUT2D eigenvalue weighted by molar-refractivity contribution is 6.33. The number of hydrogen-bond donors (Lipinski definition) is 2. The Kier molecular flexibility index (Phi) is 6.10. The Bertz CT molecular complexity index is 1120. The first-order chi connectivity index (χ1) is 15.6. The summed E-state index contributed by atoms with van der Waals surface area (Å²) in [7, 11) is 0. The molecule has 2 aliphatic rings. The molecule has 0 bridgehead atoms. The molecule has 1 aliphatic carbocycles.